The molecule has 8 nitrogen and oxygen atoms in total. The van der Waals surface area contributed by atoms with Gasteiger partial charge in [-0.05, 0) is 31.0 Å². The maximum absolute atomic E-state index is 13.1. The smallest absolute Gasteiger partial charge is 0.274 e. The predicted molar refractivity (Wildman–Crippen MR) is 104 cm³/mol. The molecule has 1 aliphatic heterocycles. The number of aryl methyl sites for hydroxylation is 1. The van der Waals surface area contributed by atoms with E-state index in [0.29, 0.717) is 30.2 Å². The van der Waals surface area contributed by atoms with Crippen molar-refractivity contribution in [3.8, 4) is 5.69 Å². The molecular weight excluding hydrogens is 356 g/mol. The topological polar surface area (TPSA) is 99.0 Å². The van der Waals surface area contributed by atoms with Gasteiger partial charge >= 0.3 is 0 Å². The maximum atomic E-state index is 13.1. The highest BCUT2D eigenvalue weighted by atomic mass is 16.2. The second-order valence-electron chi connectivity index (χ2n) is 7.02. The molecule has 0 bridgehead atoms. The van der Waals surface area contributed by atoms with Gasteiger partial charge in [-0.3, -0.25) is 14.3 Å². The van der Waals surface area contributed by atoms with Crippen LogP contribution in [0.25, 0.3) is 5.69 Å². The van der Waals surface area contributed by atoms with E-state index in [1.54, 1.807) is 33.6 Å². The van der Waals surface area contributed by atoms with Crippen LogP contribution in [0.4, 0.5) is 5.82 Å². The number of piperidine rings is 1. The molecule has 8 heteroatoms. The molecule has 1 atom stereocenters. The molecule has 1 aliphatic rings. The highest BCUT2D eigenvalue weighted by Crippen LogP contribution is 2.26. The average molecular weight is 378 g/mol. The Morgan fingerprint density at radius 1 is 1.18 bits per heavy atom. The molecule has 2 aromatic heterocycles. The van der Waals surface area contributed by atoms with Gasteiger partial charge in [0.05, 0.1) is 17.4 Å². The number of nitrogens with zero attached hydrogens (tertiary/aromatic N) is 5. The molecule has 3 aromatic rings. The van der Waals surface area contributed by atoms with E-state index >= 15 is 0 Å². The lowest BCUT2D eigenvalue weighted by atomic mass is 9.90. The fourth-order valence-electron chi connectivity index (χ4n) is 3.61. The van der Waals surface area contributed by atoms with Crippen molar-refractivity contribution in [2.24, 2.45) is 13.0 Å². The van der Waals surface area contributed by atoms with Gasteiger partial charge in [0.15, 0.2) is 5.78 Å². The van der Waals surface area contributed by atoms with Crippen molar-refractivity contribution in [1.29, 1.82) is 0 Å². The third-order valence-electron chi connectivity index (χ3n) is 5.08. The largest absolute Gasteiger partial charge is 0.383 e. The van der Waals surface area contributed by atoms with Crippen molar-refractivity contribution in [2.75, 3.05) is 18.8 Å². The van der Waals surface area contributed by atoms with Gasteiger partial charge in [-0.15, -0.1) is 0 Å². The lowest BCUT2D eigenvalue weighted by molar-refractivity contribution is 0.0632. The second-order valence-corrected chi connectivity index (χ2v) is 7.02. The maximum Gasteiger partial charge on any atom is 0.274 e. The SMILES string of the molecule is Cn1ccc(C(=O)N2CCC[C@@H](C(=O)c3cnn(-c4ccccc4)c3N)C2)n1. The monoisotopic (exact) mass is 378 g/mol. The zero-order valence-corrected chi connectivity index (χ0v) is 15.7. The molecule has 0 aliphatic carbocycles. The van der Waals surface area contributed by atoms with E-state index < -0.39 is 0 Å². The number of para-hydroxylation sites is 1. The first-order valence-electron chi connectivity index (χ1n) is 9.26. The van der Waals surface area contributed by atoms with Gasteiger partial charge in [-0.1, -0.05) is 18.2 Å². The summed E-state index contributed by atoms with van der Waals surface area (Å²) in [6.07, 6.45) is 4.74. The van der Waals surface area contributed by atoms with Gasteiger partial charge in [0.1, 0.15) is 11.5 Å². The van der Waals surface area contributed by atoms with E-state index in [-0.39, 0.29) is 17.6 Å². The Bertz CT molecular complexity index is 1010. The number of hydrogen-bond donors (Lipinski definition) is 1. The molecule has 3 heterocycles. The summed E-state index contributed by atoms with van der Waals surface area (Å²) in [4.78, 5) is 27.5. The van der Waals surface area contributed by atoms with E-state index in [1.807, 2.05) is 30.3 Å². The van der Waals surface area contributed by atoms with Gasteiger partial charge in [0, 0.05) is 32.3 Å². The standard InChI is InChI=1S/C20H22N6O2/c1-24-11-9-17(23-24)20(28)25-10-5-6-14(13-25)18(27)16-12-22-26(19(16)21)15-7-3-2-4-8-15/h2-4,7-9,11-12,14H,5-6,10,13,21H2,1H3/t14-/m1/s1. The molecule has 2 N–H and O–H groups in total. The zero-order valence-electron chi connectivity index (χ0n) is 15.7. The number of aromatic nitrogens is 4. The number of carbonyl (C=O) groups excluding carboxylic acids is 2. The minimum atomic E-state index is -0.294. The average Bonchev–Trinajstić information content (AvgIpc) is 3.33. The van der Waals surface area contributed by atoms with Crippen LogP contribution in [0.1, 0.15) is 33.7 Å². The highest BCUT2D eigenvalue weighted by Gasteiger charge is 2.32. The number of carbonyl (C=O) groups is 2. The summed E-state index contributed by atoms with van der Waals surface area (Å²) in [6.45, 7) is 0.988. The van der Waals surface area contributed by atoms with Crippen molar-refractivity contribution >= 4 is 17.5 Å². The Labute approximate surface area is 162 Å². The number of nitrogens with two attached hydrogens (primary N) is 1. The molecule has 4 rings (SSSR count). The van der Waals surface area contributed by atoms with Gasteiger partial charge in [-0.2, -0.15) is 10.2 Å². The van der Waals surface area contributed by atoms with Crippen LogP contribution >= 0.6 is 0 Å². The molecule has 0 saturated carbocycles. The fraction of sp³-hybridized carbons (Fsp3) is 0.300. The number of benzene rings is 1. The summed E-state index contributed by atoms with van der Waals surface area (Å²) in [5.74, 6) is -0.189. The van der Waals surface area contributed by atoms with Gasteiger partial charge in [0.25, 0.3) is 5.91 Å². The van der Waals surface area contributed by atoms with Gasteiger partial charge in [0.2, 0.25) is 0 Å². The number of likely N-dealkylation sites (tertiary alicyclic amines) is 1. The number of rotatable bonds is 4. The molecule has 0 unspecified atom stereocenters. The van der Waals surface area contributed by atoms with Crippen LogP contribution in [-0.2, 0) is 7.05 Å². The third-order valence-corrected chi connectivity index (χ3v) is 5.08. The first-order valence-corrected chi connectivity index (χ1v) is 9.26. The van der Waals surface area contributed by atoms with Crippen LogP contribution < -0.4 is 5.73 Å². The number of Topliss-reactive ketones (excluding diaryl/α,β-unsaturated/α-hetero) is 1. The Morgan fingerprint density at radius 2 is 1.96 bits per heavy atom. The van der Waals surface area contributed by atoms with Crippen LogP contribution in [-0.4, -0.2) is 49.2 Å². The normalized spacial score (nSPS) is 16.9. The van der Waals surface area contributed by atoms with E-state index in [0.717, 1.165) is 18.5 Å². The van der Waals surface area contributed by atoms with Crippen molar-refractivity contribution in [2.45, 2.75) is 12.8 Å². The van der Waals surface area contributed by atoms with E-state index in [4.69, 9.17) is 5.73 Å². The molecule has 0 radical (unpaired) electrons. The molecular formula is C20H22N6O2. The predicted octanol–water partition coefficient (Wildman–Crippen LogP) is 1.92. The summed E-state index contributed by atoms with van der Waals surface area (Å²) >= 11 is 0. The van der Waals surface area contributed by atoms with Crippen molar-refractivity contribution in [3.05, 3.63) is 60.0 Å². The molecule has 0 spiro atoms. The van der Waals surface area contributed by atoms with E-state index in [2.05, 4.69) is 10.2 Å². The summed E-state index contributed by atoms with van der Waals surface area (Å²) < 4.78 is 3.16. The minimum absolute atomic E-state index is 0.0711. The van der Waals surface area contributed by atoms with Crippen LogP contribution in [0.15, 0.2) is 48.8 Å². The van der Waals surface area contributed by atoms with Crippen LogP contribution in [0.5, 0.6) is 0 Å². The molecule has 144 valence electrons. The summed E-state index contributed by atoms with van der Waals surface area (Å²) in [5, 5.41) is 8.46. The second kappa shape index (κ2) is 7.30. The van der Waals surface area contributed by atoms with E-state index in [1.165, 1.54) is 6.20 Å². The Balaban J connectivity index is 1.52. The first kappa shape index (κ1) is 18.0. The summed E-state index contributed by atoms with van der Waals surface area (Å²) in [7, 11) is 1.77. The van der Waals surface area contributed by atoms with Crippen molar-refractivity contribution in [3.63, 3.8) is 0 Å². The van der Waals surface area contributed by atoms with Crippen LogP contribution in [0.3, 0.4) is 0 Å². The molecule has 1 aromatic carbocycles. The Kier molecular flexibility index (Phi) is 4.68. The molecule has 1 amide bonds. The first-order chi connectivity index (χ1) is 13.5. The van der Waals surface area contributed by atoms with Crippen LogP contribution in [0.2, 0.25) is 0 Å². The third kappa shape index (κ3) is 3.28. The fourth-order valence-corrected chi connectivity index (χ4v) is 3.61. The Morgan fingerprint density at radius 3 is 2.68 bits per heavy atom. The Hall–Kier alpha value is -3.42. The van der Waals surface area contributed by atoms with Crippen molar-refractivity contribution in [1.82, 2.24) is 24.5 Å². The summed E-state index contributed by atoms with van der Waals surface area (Å²) in [6, 6.07) is 11.1. The van der Waals surface area contributed by atoms with Gasteiger partial charge in [-0.25, -0.2) is 4.68 Å². The number of amides is 1. The lowest BCUT2D eigenvalue weighted by Crippen LogP contribution is -2.42. The highest BCUT2D eigenvalue weighted by molar-refractivity contribution is 6.02. The zero-order chi connectivity index (χ0) is 19.7. The number of nitrogen functional groups attached to an aromatic ring is 1. The summed E-state index contributed by atoms with van der Waals surface area (Å²) in [5.41, 5.74) is 7.82. The van der Waals surface area contributed by atoms with Crippen LogP contribution in [0, 0.1) is 5.92 Å². The lowest BCUT2D eigenvalue weighted by Gasteiger charge is -2.31. The number of ketones is 1. The van der Waals surface area contributed by atoms with Gasteiger partial charge < -0.3 is 10.6 Å². The molecule has 1 saturated heterocycles. The molecule has 1 fully saturated rings. The number of anilines is 1. The van der Waals surface area contributed by atoms with Crippen molar-refractivity contribution < 1.29 is 9.59 Å². The quantitative estimate of drug-likeness (QED) is 0.699. The van der Waals surface area contributed by atoms with E-state index in [9.17, 15) is 9.59 Å². The minimum Gasteiger partial charge on any atom is -0.383 e. The molecule has 28 heavy (non-hydrogen) atoms. The number of hydrogen-bond acceptors (Lipinski definition) is 5.